The van der Waals surface area contributed by atoms with Crippen molar-refractivity contribution in [2.45, 2.75) is 24.9 Å². The van der Waals surface area contributed by atoms with Gasteiger partial charge >= 0.3 is 6.03 Å². The second kappa shape index (κ2) is 7.23. The highest BCUT2D eigenvalue weighted by Crippen LogP contribution is 2.49. The van der Waals surface area contributed by atoms with Crippen LogP contribution in [-0.4, -0.2) is 56.4 Å². The predicted molar refractivity (Wildman–Crippen MR) is 120 cm³/mol. The van der Waals surface area contributed by atoms with Crippen LogP contribution in [0.5, 0.6) is 11.5 Å². The van der Waals surface area contributed by atoms with Crippen LogP contribution in [-0.2, 0) is 11.2 Å². The van der Waals surface area contributed by atoms with Gasteiger partial charge in [-0.05, 0) is 36.2 Å². The molecule has 2 aliphatic rings. The van der Waals surface area contributed by atoms with Gasteiger partial charge in [0, 0.05) is 41.0 Å². The van der Waals surface area contributed by atoms with Crippen molar-refractivity contribution in [1.29, 1.82) is 0 Å². The summed E-state index contributed by atoms with van der Waals surface area (Å²) in [6.45, 7) is 2.02. The predicted octanol–water partition coefficient (Wildman–Crippen LogP) is 4.08. The van der Waals surface area contributed by atoms with Gasteiger partial charge in [0.05, 0.1) is 7.11 Å². The van der Waals surface area contributed by atoms with E-state index in [-0.39, 0.29) is 30.4 Å². The normalized spacial score (nSPS) is 22.4. The van der Waals surface area contributed by atoms with Crippen LogP contribution in [0.1, 0.15) is 29.8 Å². The summed E-state index contributed by atoms with van der Waals surface area (Å²) in [5.41, 5.74) is 1.60. The molecule has 2 aromatic carbocycles. The van der Waals surface area contributed by atoms with Gasteiger partial charge in [-0.3, -0.25) is 14.6 Å². The number of phenolic OH excluding ortho intramolecular Hbond substituents is 1. The SMILES string of the molecule is COc1cc2c3c([nH]c2cc1F)[C@@H](c1cccc(O)c1)N1C(=O)N(CCBr)C(=O)[C@]1(C)C3. The fourth-order valence-corrected chi connectivity index (χ4v) is 5.35. The molecule has 1 saturated heterocycles. The van der Waals surface area contributed by atoms with Gasteiger partial charge in [0.1, 0.15) is 17.3 Å². The molecule has 0 saturated carbocycles. The molecule has 3 heterocycles. The molecule has 0 aliphatic carbocycles. The number of urea groups is 1. The Hall–Kier alpha value is -3.07. The number of benzene rings is 2. The summed E-state index contributed by atoms with van der Waals surface area (Å²) in [5, 5.41) is 11.3. The molecule has 0 spiro atoms. The molecule has 7 nitrogen and oxygen atoms in total. The Morgan fingerprint density at radius 2 is 2.09 bits per heavy atom. The lowest BCUT2D eigenvalue weighted by molar-refractivity contribution is -0.133. The van der Waals surface area contributed by atoms with Gasteiger partial charge in [-0.2, -0.15) is 0 Å². The molecule has 2 aliphatic heterocycles. The number of ether oxygens (including phenoxy) is 1. The van der Waals surface area contributed by atoms with Crippen molar-refractivity contribution in [3.05, 3.63) is 59.0 Å². The number of H-pyrrole nitrogens is 1. The van der Waals surface area contributed by atoms with E-state index in [4.69, 9.17) is 4.74 Å². The number of imide groups is 1. The molecular formula is C23H21BrFN3O4. The Bertz CT molecular complexity index is 1280. The molecular weight excluding hydrogens is 481 g/mol. The first-order valence-corrected chi connectivity index (χ1v) is 11.3. The smallest absolute Gasteiger partial charge is 0.328 e. The van der Waals surface area contributed by atoms with Crippen LogP contribution in [0.3, 0.4) is 0 Å². The van der Waals surface area contributed by atoms with Gasteiger partial charge in [0.2, 0.25) is 0 Å². The molecule has 3 aromatic rings. The minimum Gasteiger partial charge on any atom is -0.508 e. The average Bonchev–Trinajstić information content (AvgIpc) is 3.19. The minimum absolute atomic E-state index is 0.0513. The first kappa shape index (κ1) is 20.8. The molecule has 9 heteroatoms. The first-order chi connectivity index (χ1) is 15.3. The number of hydrogen-bond donors (Lipinski definition) is 2. The number of aromatic nitrogens is 1. The highest BCUT2D eigenvalue weighted by atomic mass is 79.9. The number of nitrogens with zero attached hydrogens (tertiary/aromatic N) is 2. The third-order valence-electron chi connectivity index (χ3n) is 6.43. The van der Waals surface area contributed by atoms with Crippen LogP contribution in [0.4, 0.5) is 9.18 Å². The van der Waals surface area contributed by atoms with Gasteiger partial charge in [0.15, 0.2) is 11.6 Å². The van der Waals surface area contributed by atoms with Crippen LogP contribution < -0.4 is 4.74 Å². The largest absolute Gasteiger partial charge is 0.508 e. The average molecular weight is 502 g/mol. The number of carbonyl (C=O) groups excluding carboxylic acids is 2. The number of amides is 3. The number of methoxy groups -OCH3 is 1. The van der Waals surface area contributed by atoms with Crippen LogP contribution in [0, 0.1) is 5.82 Å². The monoisotopic (exact) mass is 501 g/mol. The highest BCUT2D eigenvalue weighted by Gasteiger charge is 2.60. The number of aromatic amines is 1. The van der Waals surface area contributed by atoms with E-state index in [1.807, 2.05) is 0 Å². The van der Waals surface area contributed by atoms with Crippen molar-refractivity contribution in [1.82, 2.24) is 14.8 Å². The van der Waals surface area contributed by atoms with Crippen molar-refractivity contribution < 1.29 is 23.8 Å². The zero-order valence-electron chi connectivity index (χ0n) is 17.5. The molecule has 0 bridgehead atoms. The van der Waals surface area contributed by atoms with Gasteiger partial charge in [0.25, 0.3) is 5.91 Å². The maximum absolute atomic E-state index is 14.4. The third-order valence-corrected chi connectivity index (χ3v) is 6.79. The Morgan fingerprint density at radius 1 is 1.31 bits per heavy atom. The van der Waals surface area contributed by atoms with Crippen molar-refractivity contribution >= 4 is 38.8 Å². The Kier molecular flexibility index (Phi) is 4.70. The molecule has 32 heavy (non-hydrogen) atoms. The van der Waals surface area contributed by atoms with E-state index in [9.17, 15) is 19.1 Å². The third kappa shape index (κ3) is 2.76. The lowest BCUT2D eigenvalue weighted by Crippen LogP contribution is -2.53. The summed E-state index contributed by atoms with van der Waals surface area (Å²) >= 11 is 3.32. The summed E-state index contributed by atoms with van der Waals surface area (Å²) in [6.07, 6.45) is 0.274. The lowest BCUT2D eigenvalue weighted by atomic mass is 9.81. The Morgan fingerprint density at radius 3 is 2.78 bits per heavy atom. The maximum atomic E-state index is 14.4. The molecule has 166 valence electrons. The van der Waals surface area contributed by atoms with E-state index in [0.717, 1.165) is 10.9 Å². The highest BCUT2D eigenvalue weighted by molar-refractivity contribution is 9.09. The van der Waals surface area contributed by atoms with Crippen molar-refractivity contribution in [2.24, 2.45) is 0 Å². The minimum atomic E-state index is -1.13. The molecule has 1 fully saturated rings. The fraction of sp³-hybridized carbons (Fsp3) is 0.304. The van der Waals surface area contributed by atoms with Crippen molar-refractivity contribution in [2.75, 3.05) is 19.0 Å². The van der Waals surface area contributed by atoms with E-state index >= 15 is 0 Å². The molecule has 3 amide bonds. The molecule has 1 aromatic heterocycles. The second-order valence-corrected chi connectivity index (χ2v) is 9.09. The number of aromatic hydroxyl groups is 1. The number of phenols is 1. The van der Waals surface area contributed by atoms with E-state index in [1.165, 1.54) is 18.1 Å². The topological polar surface area (TPSA) is 85.9 Å². The number of carbonyl (C=O) groups is 2. The summed E-state index contributed by atoms with van der Waals surface area (Å²) in [7, 11) is 1.40. The molecule has 2 atom stereocenters. The number of nitrogens with one attached hydrogen (secondary N) is 1. The number of rotatable bonds is 4. The standard InChI is InChI=1S/C23H21BrFN3O4/c1-23-11-15-14-9-18(32-2)16(25)10-17(14)26-19(15)20(12-4-3-5-13(29)8-12)28(23)22(31)27(7-6-24)21(23)30/h3-5,8-10,20,26,29H,6-7,11H2,1-2H3/t20-,23+/m1/s1. The molecule has 2 N–H and O–H groups in total. The Labute approximate surface area is 191 Å². The summed E-state index contributed by atoms with van der Waals surface area (Å²) in [5.74, 6) is -0.623. The Balaban J connectivity index is 1.79. The van der Waals surface area contributed by atoms with Crippen molar-refractivity contribution in [3.8, 4) is 11.5 Å². The van der Waals surface area contributed by atoms with Gasteiger partial charge in [-0.15, -0.1) is 0 Å². The fourth-order valence-electron chi connectivity index (χ4n) is 5.00. The number of fused-ring (bicyclic) bond motifs is 4. The van der Waals surface area contributed by atoms with E-state index in [0.29, 0.717) is 22.1 Å². The quantitative estimate of drug-likeness (QED) is 0.416. The van der Waals surface area contributed by atoms with E-state index < -0.39 is 23.4 Å². The number of halogens is 2. The molecule has 0 unspecified atom stereocenters. The van der Waals surface area contributed by atoms with Gasteiger partial charge in [-0.1, -0.05) is 28.1 Å². The second-order valence-electron chi connectivity index (χ2n) is 8.30. The maximum Gasteiger partial charge on any atom is 0.328 e. The van der Waals surface area contributed by atoms with E-state index in [2.05, 4.69) is 20.9 Å². The van der Waals surface area contributed by atoms with E-state index in [1.54, 1.807) is 42.2 Å². The molecule has 0 radical (unpaired) electrons. The van der Waals surface area contributed by atoms with Crippen LogP contribution >= 0.6 is 15.9 Å². The zero-order chi connectivity index (χ0) is 22.8. The zero-order valence-corrected chi connectivity index (χ0v) is 19.1. The van der Waals surface area contributed by atoms with Crippen LogP contribution in [0.25, 0.3) is 10.9 Å². The summed E-state index contributed by atoms with van der Waals surface area (Å²) < 4.78 is 19.6. The van der Waals surface area contributed by atoms with Gasteiger partial charge < -0.3 is 14.8 Å². The van der Waals surface area contributed by atoms with Crippen LogP contribution in [0.15, 0.2) is 36.4 Å². The summed E-state index contributed by atoms with van der Waals surface area (Å²) in [6, 6.07) is 8.56. The van der Waals surface area contributed by atoms with Crippen LogP contribution in [0.2, 0.25) is 0 Å². The summed E-state index contributed by atoms with van der Waals surface area (Å²) in [4.78, 5) is 33.0. The van der Waals surface area contributed by atoms with Gasteiger partial charge in [-0.25, -0.2) is 9.18 Å². The number of hydrogen-bond acceptors (Lipinski definition) is 4. The van der Waals surface area contributed by atoms with Crippen molar-refractivity contribution in [3.63, 3.8) is 0 Å². The molecule has 5 rings (SSSR count). The lowest BCUT2D eigenvalue weighted by Gasteiger charge is -2.42. The first-order valence-electron chi connectivity index (χ1n) is 10.2. The number of alkyl halides is 1.